The second-order valence-corrected chi connectivity index (χ2v) is 8.26. The molecule has 0 spiro atoms. The summed E-state index contributed by atoms with van der Waals surface area (Å²) in [5, 5.41) is 7.59. The molecular formula is C26H24O2. The van der Waals surface area contributed by atoms with Gasteiger partial charge >= 0.3 is 5.97 Å². The Morgan fingerprint density at radius 1 is 0.893 bits per heavy atom. The molecule has 0 bridgehead atoms. The number of unbranched alkanes of at least 4 members (excludes halogenated alkanes) is 1. The number of benzene rings is 4. The van der Waals surface area contributed by atoms with E-state index in [1.54, 1.807) is 0 Å². The van der Waals surface area contributed by atoms with Crippen molar-refractivity contribution in [3.8, 4) is 11.8 Å². The van der Waals surface area contributed by atoms with E-state index in [9.17, 15) is 4.79 Å². The zero-order valence-corrected chi connectivity index (χ0v) is 16.6. The summed E-state index contributed by atoms with van der Waals surface area (Å²) in [7, 11) is 0. The monoisotopic (exact) mass is 368 g/mol. The number of carbonyl (C=O) groups is 1. The largest absolute Gasteiger partial charge is 0.465 e. The van der Waals surface area contributed by atoms with Gasteiger partial charge in [0, 0.05) is 12.0 Å². The van der Waals surface area contributed by atoms with E-state index in [-0.39, 0.29) is 5.97 Å². The number of carbonyl (C=O) groups excluding carboxylic acids is 1. The van der Waals surface area contributed by atoms with E-state index >= 15 is 0 Å². The average molecular weight is 368 g/mol. The molecule has 0 aromatic heterocycles. The molecule has 0 heterocycles. The first-order valence-corrected chi connectivity index (χ1v) is 9.78. The first kappa shape index (κ1) is 18.3. The van der Waals surface area contributed by atoms with Gasteiger partial charge in [0.25, 0.3) is 0 Å². The van der Waals surface area contributed by atoms with Crippen LogP contribution in [0.5, 0.6) is 0 Å². The molecule has 2 nitrogen and oxygen atoms in total. The number of ether oxygens (including phenoxy) is 1. The molecule has 0 saturated carbocycles. The van der Waals surface area contributed by atoms with Gasteiger partial charge in [-0.1, -0.05) is 60.4 Å². The summed E-state index contributed by atoms with van der Waals surface area (Å²) in [5.41, 5.74) is 0.602. The van der Waals surface area contributed by atoms with Crippen molar-refractivity contribution in [2.45, 2.75) is 33.6 Å². The molecule has 28 heavy (non-hydrogen) atoms. The van der Waals surface area contributed by atoms with Gasteiger partial charge in [0.05, 0.1) is 12.0 Å². The third-order valence-electron chi connectivity index (χ3n) is 5.04. The maximum absolute atomic E-state index is 11.8. The van der Waals surface area contributed by atoms with Crippen molar-refractivity contribution in [1.82, 2.24) is 0 Å². The molecule has 4 aromatic carbocycles. The highest BCUT2D eigenvalue weighted by molar-refractivity contribution is 6.23. The van der Waals surface area contributed by atoms with E-state index in [2.05, 4.69) is 66.4 Å². The van der Waals surface area contributed by atoms with Crippen LogP contribution in [0.4, 0.5) is 0 Å². The lowest BCUT2D eigenvalue weighted by atomic mass is 9.92. The lowest BCUT2D eigenvalue weighted by Gasteiger charge is -2.15. The summed E-state index contributed by atoms with van der Waals surface area (Å²) in [4.78, 5) is 11.8. The van der Waals surface area contributed by atoms with E-state index in [1.807, 2.05) is 20.8 Å². The predicted octanol–water partition coefficient (Wildman–Crippen LogP) is 6.31. The molecule has 0 radical (unpaired) electrons. The number of rotatable bonds is 3. The summed E-state index contributed by atoms with van der Waals surface area (Å²) in [6.45, 7) is 6.01. The molecule has 0 saturated heterocycles. The second-order valence-electron chi connectivity index (χ2n) is 8.26. The molecule has 0 unspecified atom stereocenters. The zero-order chi connectivity index (χ0) is 19.7. The molecule has 0 aliphatic heterocycles. The lowest BCUT2D eigenvalue weighted by molar-refractivity contribution is -0.152. The maximum Gasteiger partial charge on any atom is 0.311 e. The van der Waals surface area contributed by atoms with Crippen molar-refractivity contribution in [1.29, 1.82) is 0 Å². The average Bonchev–Trinajstić information content (AvgIpc) is 2.68. The maximum atomic E-state index is 11.8. The normalized spacial score (nSPS) is 11.7. The topological polar surface area (TPSA) is 26.3 Å². The van der Waals surface area contributed by atoms with Gasteiger partial charge in [0.1, 0.15) is 0 Å². The molecule has 140 valence electrons. The van der Waals surface area contributed by atoms with Crippen LogP contribution in [0.25, 0.3) is 32.3 Å². The van der Waals surface area contributed by atoms with Gasteiger partial charge in [-0.3, -0.25) is 4.79 Å². The van der Waals surface area contributed by atoms with Crippen LogP contribution in [0.2, 0.25) is 0 Å². The van der Waals surface area contributed by atoms with Crippen molar-refractivity contribution < 1.29 is 9.53 Å². The number of esters is 1. The predicted molar refractivity (Wildman–Crippen MR) is 117 cm³/mol. The molecule has 0 aliphatic carbocycles. The quantitative estimate of drug-likeness (QED) is 0.183. The Kier molecular flexibility index (Phi) is 4.69. The summed E-state index contributed by atoms with van der Waals surface area (Å²) in [6.07, 6.45) is 1.46. The van der Waals surface area contributed by atoms with Crippen LogP contribution in [0, 0.1) is 17.3 Å². The van der Waals surface area contributed by atoms with Crippen molar-refractivity contribution in [2.75, 3.05) is 6.61 Å². The Morgan fingerprint density at radius 3 is 2.25 bits per heavy atom. The fourth-order valence-electron chi connectivity index (χ4n) is 3.54. The first-order chi connectivity index (χ1) is 13.4. The highest BCUT2D eigenvalue weighted by Crippen LogP contribution is 2.35. The van der Waals surface area contributed by atoms with Crippen LogP contribution in [0.3, 0.4) is 0 Å². The number of hydrogen-bond donors (Lipinski definition) is 0. The standard InChI is InChI=1S/C26H24O2/c1-26(2,3)25(27)28-17-6-4-5-8-18-11-12-21-14-13-19-9-7-10-20-15-16-22(18)24(21)23(19)20/h7,9-16H,4,6,17H2,1-3H3. The van der Waals surface area contributed by atoms with E-state index in [0.717, 1.165) is 12.0 Å². The van der Waals surface area contributed by atoms with E-state index in [1.165, 1.54) is 32.3 Å². The minimum absolute atomic E-state index is 0.160. The molecule has 4 rings (SSSR count). The van der Waals surface area contributed by atoms with Crippen LogP contribution < -0.4 is 0 Å². The summed E-state index contributed by atoms with van der Waals surface area (Å²) in [5.74, 6) is 6.41. The second kappa shape index (κ2) is 7.17. The summed E-state index contributed by atoms with van der Waals surface area (Å²) < 4.78 is 5.30. The molecule has 0 N–H and O–H groups in total. The molecular weight excluding hydrogens is 344 g/mol. The lowest BCUT2D eigenvalue weighted by Crippen LogP contribution is -2.23. The highest BCUT2D eigenvalue weighted by atomic mass is 16.5. The number of hydrogen-bond acceptors (Lipinski definition) is 2. The van der Waals surface area contributed by atoms with Gasteiger partial charge in [-0.25, -0.2) is 0 Å². The minimum Gasteiger partial charge on any atom is -0.465 e. The molecule has 2 heteroatoms. The zero-order valence-electron chi connectivity index (χ0n) is 16.6. The van der Waals surface area contributed by atoms with Crippen LogP contribution in [-0.4, -0.2) is 12.6 Å². The first-order valence-electron chi connectivity index (χ1n) is 9.78. The van der Waals surface area contributed by atoms with Crippen molar-refractivity contribution in [3.05, 3.63) is 60.2 Å². The van der Waals surface area contributed by atoms with Gasteiger partial charge in [0.15, 0.2) is 0 Å². The summed E-state index contributed by atoms with van der Waals surface area (Å²) >= 11 is 0. The van der Waals surface area contributed by atoms with Crippen molar-refractivity contribution in [2.24, 2.45) is 5.41 Å². The Morgan fingerprint density at radius 2 is 1.54 bits per heavy atom. The minimum atomic E-state index is -0.451. The molecule has 0 fully saturated rings. The van der Waals surface area contributed by atoms with Gasteiger partial charge in [0.2, 0.25) is 0 Å². The Balaban J connectivity index is 1.56. The molecule has 0 aliphatic rings. The smallest absolute Gasteiger partial charge is 0.311 e. The van der Waals surface area contributed by atoms with Crippen molar-refractivity contribution in [3.63, 3.8) is 0 Å². The van der Waals surface area contributed by atoms with Crippen LogP contribution in [0.1, 0.15) is 39.2 Å². The molecule has 0 amide bonds. The molecule has 0 atom stereocenters. The van der Waals surface area contributed by atoms with E-state index < -0.39 is 5.41 Å². The summed E-state index contributed by atoms with van der Waals surface area (Å²) in [6, 6.07) is 19.4. The Labute approximate surface area is 165 Å². The van der Waals surface area contributed by atoms with Crippen molar-refractivity contribution >= 4 is 38.3 Å². The highest BCUT2D eigenvalue weighted by Gasteiger charge is 2.22. The molecule has 4 aromatic rings. The van der Waals surface area contributed by atoms with Gasteiger partial charge in [-0.2, -0.15) is 0 Å². The fraction of sp³-hybridized carbons (Fsp3) is 0.269. The van der Waals surface area contributed by atoms with Gasteiger partial charge in [-0.05, 0) is 65.6 Å². The fourth-order valence-corrected chi connectivity index (χ4v) is 3.54. The van der Waals surface area contributed by atoms with Crippen LogP contribution in [0.15, 0.2) is 54.6 Å². The van der Waals surface area contributed by atoms with E-state index in [4.69, 9.17) is 4.74 Å². The van der Waals surface area contributed by atoms with Crippen LogP contribution in [-0.2, 0) is 9.53 Å². The Hall–Kier alpha value is -3.05. The van der Waals surface area contributed by atoms with Gasteiger partial charge < -0.3 is 4.74 Å². The van der Waals surface area contributed by atoms with Crippen LogP contribution >= 0.6 is 0 Å². The van der Waals surface area contributed by atoms with Gasteiger partial charge in [-0.15, -0.1) is 0 Å². The SMILES string of the molecule is CC(C)(C)C(=O)OCCCC#Cc1ccc2ccc3cccc4ccc1c2c34. The third-order valence-corrected chi connectivity index (χ3v) is 5.04. The Bertz CT molecular complexity index is 1200. The van der Waals surface area contributed by atoms with E-state index in [0.29, 0.717) is 13.0 Å². The third kappa shape index (κ3) is 3.41.